The number of ether oxygens (including phenoxy) is 2. The van der Waals surface area contributed by atoms with Gasteiger partial charge in [0.25, 0.3) is 0 Å². The smallest absolute Gasteiger partial charge is 0.246 e. The van der Waals surface area contributed by atoms with E-state index in [0.29, 0.717) is 11.5 Å². The minimum Gasteiger partial charge on any atom is -0.493 e. The fraction of sp³-hybridized carbons (Fsp3) is 0.269. The topological polar surface area (TPSA) is 62.8 Å². The maximum Gasteiger partial charge on any atom is 0.246 e. The molecule has 33 heavy (non-hydrogen) atoms. The van der Waals surface area contributed by atoms with E-state index >= 15 is 0 Å². The molecule has 2 fully saturated rings. The van der Waals surface area contributed by atoms with E-state index in [1.807, 2.05) is 66.4 Å². The zero-order chi connectivity index (χ0) is 23.1. The monoisotopic (exact) mass is 507 g/mol. The van der Waals surface area contributed by atoms with Gasteiger partial charge in [-0.15, -0.1) is 0 Å². The Labute approximate surface area is 202 Å². The number of hydrazine groups is 1. The number of nitrogens with one attached hydrogen (secondary N) is 2. The Bertz CT molecular complexity index is 1170. The minimum absolute atomic E-state index is 0.0296. The number of anilines is 1. The first-order chi connectivity index (χ1) is 16.0. The van der Waals surface area contributed by atoms with Gasteiger partial charge in [0.1, 0.15) is 6.04 Å². The summed E-state index contributed by atoms with van der Waals surface area (Å²) in [6, 6.07) is 21.7. The number of benzene rings is 3. The average molecular weight is 508 g/mol. The van der Waals surface area contributed by atoms with E-state index in [0.717, 1.165) is 26.9 Å². The van der Waals surface area contributed by atoms with Gasteiger partial charge in [0.2, 0.25) is 5.91 Å². The maximum absolute atomic E-state index is 13.7. The summed E-state index contributed by atoms with van der Waals surface area (Å²) in [6.07, 6.45) is 0. The number of amides is 1. The summed E-state index contributed by atoms with van der Waals surface area (Å²) in [5, 5.41) is 0. The molecule has 0 saturated carbocycles. The highest BCUT2D eigenvalue weighted by atomic mass is 79.9. The van der Waals surface area contributed by atoms with Crippen LogP contribution in [0.2, 0.25) is 0 Å². The molecule has 1 amide bonds. The first kappa shape index (κ1) is 21.9. The van der Waals surface area contributed by atoms with Crippen molar-refractivity contribution in [2.45, 2.75) is 25.0 Å². The number of methoxy groups -OCH3 is 2. The second kappa shape index (κ2) is 8.82. The number of hydrogen-bond acceptors (Lipinski definition) is 5. The molecular weight excluding hydrogens is 482 g/mol. The van der Waals surface area contributed by atoms with Gasteiger partial charge in [-0.3, -0.25) is 4.79 Å². The van der Waals surface area contributed by atoms with Crippen LogP contribution in [0.15, 0.2) is 71.2 Å². The molecule has 2 aliphatic heterocycles. The third kappa shape index (κ3) is 3.80. The van der Waals surface area contributed by atoms with E-state index < -0.39 is 0 Å². The first-order valence-corrected chi connectivity index (χ1v) is 11.7. The molecule has 2 heterocycles. The molecule has 2 aliphatic rings. The summed E-state index contributed by atoms with van der Waals surface area (Å²) in [5.74, 6) is 1.33. The van der Waals surface area contributed by atoms with E-state index in [1.165, 1.54) is 0 Å². The lowest BCUT2D eigenvalue weighted by Gasteiger charge is -2.31. The van der Waals surface area contributed by atoms with Crippen molar-refractivity contribution in [1.29, 1.82) is 0 Å². The predicted octanol–water partition coefficient (Wildman–Crippen LogP) is 4.70. The second-order valence-corrected chi connectivity index (χ2v) is 9.39. The highest BCUT2D eigenvalue weighted by molar-refractivity contribution is 9.10. The van der Waals surface area contributed by atoms with Crippen LogP contribution in [-0.4, -0.2) is 26.2 Å². The quantitative estimate of drug-likeness (QED) is 0.524. The number of halogens is 1. The van der Waals surface area contributed by atoms with Crippen LogP contribution in [0, 0.1) is 12.8 Å². The van der Waals surface area contributed by atoms with Gasteiger partial charge in [-0.2, -0.15) is 0 Å². The summed E-state index contributed by atoms with van der Waals surface area (Å²) in [7, 11) is 3.25. The number of nitrogens with zero attached hydrogens (tertiary/aromatic N) is 1. The highest BCUT2D eigenvalue weighted by Gasteiger charge is 2.56. The molecule has 4 atom stereocenters. The van der Waals surface area contributed by atoms with Crippen LogP contribution in [0.25, 0.3) is 0 Å². The van der Waals surface area contributed by atoms with Gasteiger partial charge in [-0.05, 0) is 54.4 Å². The van der Waals surface area contributed by atoms with Crippen molar-refractivity contribution >= 4 is 27.5 Å². The standard InChI is InChI=1S/C26H26BrN3O3/c1-15-4-11-19(12-5-15)30-25(17-8-13-20(32-2)21(14-17)33-3)22-23(28-29-24(22)26(30)31)16-6-9-18(27)10-7-16/h4-14,22-25,28-29H,1-3H3. The van der Waals surface area contributed by atoms with Crippen molar-refractivity contribution in [2.75, 3.05) is 19.1 Å². The Balaban J connectivity index is 1.64. The minimum atomic E-state index is -0.349. The largest absolute Gasteiger partial charge is 0.493 e. The molecule has 0 aromatic heterocycles. The van der Waals surface area contributed by atoms with Gasteiger partial charge in [-0.1, -0.05) is 51.8 Å². The van der Waals surface area contributed by atoms with Gasteiger partial charge >= 0.3 is 0 Å². The average Bonchev–Trinajstić information content (AvgIpc) is 3.39. The molecule has 6 nitrogen and oxygen atoms in total. The number of fused-ring (bicyclic) bond motifs is 1. The number of carbonyl (C=O) groups is 1. The van der Waals surface area contributed by atoms with Crippen molar-refractivity contribution in [3.63, 3.8) is 0 Å². The molecule has 2 N–H and O–H groups in total. The number of carbonyl (C=O) groups excluding carboxylic acids is 1. The number of rotatable bonds is 5. The van der Waals surface area contributed by atoms with E-state index in [4.69, 9.17) is 9.47 Å². The number of hydrogen-bond donors (Lipinski definition) is 2. The first-order valence-electron chi connectivity index (χ1n) is 10.9. The Morgan fingerprint density at radius 2 is 1.45 bits per heavy atom. The van der Waals surface area contributed by atoms with Crippen molar-refractivity contribution in [1.82, 2.24) is 10.9 Å². The molecule has 3 aromatic rings. The molecule has 0 aliphatic carbocycles. The summed E-state index contributed by atoms with van der Waals surface area (Å²) in [5.41, 5.74) is 10.8. The van der Waals surface area contributed by atoms with Crippen LogP contribution < -0.4 is 25.2 Å². The zero-order valence-electron chi connectivity index (χ0n) is 18.7. The normalized spacial score (nSPS) is 24.1. The van der Waals surface area contributed by atoms with E-state index in [-0.39, 0.29) is 30.0 Å². The molecule has 0 bridgehead atoms. The van der Waals surface area contributed by atoms with E-state index in [1.54, 1.807) is 14.2 Å². The summed E-state index contributed by atoms with van der Waals surface area (Å²) >= 11 is 3.52. The van der Waals surface area contributed by atoms with Gasteiger partial charge in [0, 0.05) is 16.1 Å². The van der Waals surface area contributed by atoms with Crippen LogP contribution in [0.4, 0.5) is 5.69 Å². The highest BCUT2D eigenvalue weighted by Crippen LogP contribution is 2.50. The molecule has 170 valence electrons. The molecule has 0 spiro atoms. The van der Waals surface area contributed by atoms with Crippen LogP contribution >= 0.6 is 15.9 Å². The Hall–Kier alpha value is -2.87. The Morgan fingerprint density at radius 1 is 0.818 bits per heavy atom. The van der Waals surface area contributed by atoms with Crippen LogP contribution in [0.3, 0.4) is 0 Å². The molecule has 2 saturated heterocycles. The summed E-state index contributed by atoms with van der Waals surface area (Å²) in [4.78, 5) is 15.7. The zero-order valence-corrected chi connectivity index (χ0v) is 20.3. The Morgan fingerprint density at radius 3 is 2.12 bits per heavy atom. The fourth-order valence-corrected chi connectivity index (χ4v) is 5.26. The lowest BCUT2D eigenvalue weighted by atomic mass is 9.83. The summed E-state index contributed by atoms with van der Waals surface area (Å²) < 4.78 is 12.1. The molecule has 5 rings (SSSR count). The van der Waals surface area contributed by atoms with Crippen LogP contribution in [0.5, 0.6) is 11.5 Å². The molecule has 4 unspecified atom stereocenters. The predicted molar refractivity (Wildman–Crippen MR) is 131 cm³/mol. The van der Waals surface area contributed by atoms with Gasteiger partial charge in [0.05, 0.1) is 26.3 Å². The maximum atomic E-state index is 13.7. The van der Waals surface area contributed by atoms with Gasteiger partial charge in [-0.25, -0.2) is 10.9 Å². The van der Waals surface area contributed by atoms with Gasteiger partial charge in [0.15, 0.2) is 11.5 Å². The van der Waals surface area contributed by atoms with Crippen molar-refractivity contribution in [3.8, 4) is 11.5 Å². The van der Waals surface area contributed by atoms with Crippen molar-refractivity contribution in [2.24, 2.45) is 5.92 Å². The SMILES string of the molecule is COc1ccc(C2C3C(NNC3c3ccc(Br)cc3)C(=O)N2c2ccc(C)cc2)cc1OC. The third-order valence-corrected chi connectivity index (χ3v) is 7.13. The van der Waals surface area contributed by atoms with Crippen molar-refractivity contribution < 1.29 is 14.3 Å². The fourth-order valence-electron chi connectivity index (χ4n) is 4.99. The second-order valence-electron chi connectivity index (χ2n) is 8.48. The molecule has 0 radical (unpaired) electrons. The Kier molecular flexibility index (Phi) is 5.86. The van der Waals surface area contributed by atoms with Gasteiger partial charge < -0.3 is 14.4 Å². The molecule has 3 aromatic carbocycles. The lowest BCUT2D eigenvalue weighted by molar-refractivity contribution is -0.119. The van der Waals surface area contributed by atoms with E-state index in [2.05, 4.69) is 38.9 Å². The molecular formula is C26H26BrN3O3. The van der Waals surface area contributed by atoms with E-state index in [9.17, 15) is 4.79 Å². The number of aryl methyl sites for hydroxylation is 1. The van der Waals surface area contributed by atoms with Crippen LogP contribution in [0.1, 0.15) is 28.8 Å². The third-order valence-electron chi connectivity index (χ3n) is 6.60. The van der Waals surface area contributed by atoms with Crippen molar-refractivity contribution in [3.05, 3.63) is 87.9 Å². The molecule has 7 heteroatoms. The lowest BCUT2D eigenvalue weighted by Crippen LogP contribution is -2.41. The van der Waals surface area contributed by atoms with Crippen LogP contribution in [-0.2, 0) is 4.79 Å². The summed E-state index contributed by atoms with van der Waals surface area (Å²) in [6.45, 7) is 2.05.